The molecule has 0 unspecified atom stereocenters. The van der Waals surface area contributed by atoms with Crippen molar-refractivity contribution >= 4 is 36.7 Å². The maximum absolute atomic E-state index is 13.6. The highest BCUT2D eigenvalue weighted by Gasteiger charge is 2.57. The van der Waals surface area contributed by atoms with Gasteiger partial charge in [0.05, 0.1) is 7.11 Å². The zero-order chi connectivity index (χ0) is 26.0. The van der Waals surface area contributed by atoms with Crippen LogP contribution < -0.4 is 10.4 Å². The third kappa shape index (κ3) is 5.33. The Balaban J connectivity index is 2.12. The van der Waals surface area contributed by atoms with Gasteiger partial charge in [-0.1, -0.05) is 81.4 Å². The number of imide groups is 1. The molecule has 1 aliphatic rings. The highest BCUT2D eigenvalue weighted by atomic mass is 28.4. The van der Waals surface area contributed by atoms with Gasteiger partial charge >= 0.3 is 12.1 Å². The number of methoxy groups -OCH3 is 1. The van der Waals surface area contributed by atoms with Crippen molar-refractivity contribution in [1.29, 1.82) is 0 Å². The molecule has 35 heavy (non-hydrogen) atoms. The van der Waals surface area contributed by atoms with Gasteiger partial charge < -0.3 is 13.9 Å². The van der Waals surface area contributed by atoms with E-state index in [0.29, 0.717) is 0 Å². The molecule has 0 bridgehead atoms. The van der Waals surface area contributed by atoms with E-state index in [-0.39, 0.29) is 11.5 Å². The molecule has 1 heterocycles. The van der Waals surface area contributed by atoms with Crippen LogP contribution in [0.5, 0.6) is 0 Å². The minimum atomic E-state index is -3.09. The first-order chi connectivity index (χ1) is 16.3. The fourth-order valence-corrected chi connectivity index (χ4v) is 9.23. The van der Waals surface area contributed by atoms with Crippen LogP contribution in [-0.4, -0.2) is 56.0 Å². The summed E-state index contributed by atoms with van der Waals surface area (Å²) in [7, 11) is -1.86. The summed E-state index contributed by atoms with van der Waals surface area (Å²) in [5.41, 5.74) is -0.838. The Morgan fingerprint density at radius 2 is 1.37 bits per heavy atom. The first-order valence-corrected chi connectivity index (χ1v) is 13.7. The van der Waals surface area contributed by atoms with Gasteiger partial charge in [0.25, 0.3) is 14.2 Å². The van der Waals surface area contributed by atoms with Gasteiger partial charge in [0, 0.05) is 6.42 Å². The van der Waals surface area contributed by atoms with E-state index in [2.05, 4.69) is 20.8 Å². The number of rotatable bonds is 5. The van der Waals surface area contributed by atoms with Crippen LogP contribution in [0.4, 0.5) is 4.79 Å². The number of benzene rings is 2. The predicted octanol–water partition coefficient (Wildman–Crippen LogP) is 3.64. The molecular formula is C27H35NO6Si. The van der Waals surface area contributed by atoms with Crippen LogP contribution in [0.3, 0.4) is 0 Å². The molecule has 188 valence electrons. The number of amides is 2. The molecule has 3 rings (SSSR count). The maximum atomic E-state index is 13.6. The second-order valence-electron chi connectivity index (χ2n) is 10.7. The molecule has 0 aliphatic carbocycles. The van der Waals surface area contributed by atoms with E-state index in [4.69, 9.17) is 13.9 Å². The standard InChI is InChI=1S/C27H35NO6Si/c1-26(2,3)33-25(31)28-21(24(30)32-7)18-22(23(28)29)34-35(27(4,5)6,19-14-10-8-11-15-19)20-16-12-9-13-17-20/h8-17,21-22H,18H2,1-7H3/t21-,22-/m1/s1. The number of likely N-dealkylation sites (tertiary alicyclic amines) is 1. The molecule has 1 fully saturated rings. The van der Waals surface area contributed by atoms with E-state index in [1.165, 1.54) is 7.11 Å². The molecule has 0 radical (unpaired) electrons. The largest absolute Gasteiger partial charge is 0.467 e. The molecule has 2 aromatic rings. The maximum Gasteiger partial charge on any atom is 0.417 e. The summed E-state index contributed by atoms with van der Waals surface area (Å²) < 4.78 is 17.3. The molecule has 0 saturated carbocycles. The Kier molecular flexibility index (Phi) is 7.57. The van der Waals surface area contributed by atoms with Crippen LogP contribution in [0.15, 0.2) is 60.7 Å². The van der Waals surface area contributed by atoms with Crippen molar-refractivity contribution in [2.75, 3.05) is 7.11 Å². The van der Waals surface area contributed by atoms with Crippen molar-refractivity contribution < 1.29 is 28.3 Å². The number of hydrogen-bond donors (Lipinski definition) is 0. The third-order valence-electron chi connectivity index (χ3n) is 6.06. The molecule has 1 saturated heterocycles. The van der Waals surface area contributed by atoms with Crippen molar-refractivity contribution in [1.82, 2.24) is 4.90 Å². The number of carbonyl (C=O) groups is 3. The lowest BCUT2D eigenvalue weighted by Gasteiger charge is -2.44. The van der Waals surface area contributed by atoms with Crippen molar-refractivity contribution in [3.8, 4) is 0 Å². The number of nitrogens with zero attached hydrogens (tertiary/aromatic N) is 1. The molecule has 2 aromatic carbocycles. The molecule has 0 aromatic heterocycles. The minimum Gasteiger partial charge on any atom is -0.467 e. The highest BCUT2D eigenvalue weighted by Crippen LogP contribution is 2.39. The summed E-state index contributed by atoms with van der Waals surface area (Å²) in [5.74, 6) is -1.28. The fraction of sp³-hybridized carbons (Fsp3) is 0.444. The quantitative estimate of drug-likeness (QED) is 0.463. The molecular weight excluding hydrogens is 462 g/mol. The average Bonchev–Trinajstić information content (AvgIpc) is 3.12. The summed E-state index contributed by atoms with van der Waals surface area (Å²) in [4.78, 5) is 40.1. The van der Waals surface area contributed by atoms with Gasteiger partial charge in [-0.15, -0.1) is 0 Å². The van der Waals surface area contributed by atoms with E-state index in [0.717, 1.165) is 15.3 Å². The van der Waals surface area contributed by atoms with Crippen LogP contribution in [0.2, 0.25) is 5.04 Å². The fourth-order valence-electron chi connectivity index (χ4n) is 4.59. The lowest BCUT2D eigenvalue weighted by atomic mass is 10.2. The van der Waals surface area contributed by atoms with Crippen molar-refractivity contribution in [3.63, 3.8) is 0 Å². The summed E-state index contributed by atoms with van der Waals surface area (Å²) >= 11 is 0. The lowest BCUT2D eigenvalue weighted by Crippen LogP contribution is -2.68. The summed E-state index contributed by atoms with van der Waals surface area (Å²) in [6.07, 6.45) is -1.90. The first-order valence-electron chi connectivity index (χ1n) is 11.7. The van der Waals surface area contributed by atoms with Gasteiger partial charge in [0.2, 0.25) is 0 Å². The van der Waals surface area contributed by atoms with Crippen molar-refractivity contribution in [2.45, 2.75) is 70.7 Å². The van der Waals surface area contributed by atoms with Crippen LogP contribution in [0.25, 0.3) is 0 Å². The van der Waals surface area contributed by atoms with E-state index < -0.39 is 44.0 Å². The van der Waals surface area contributed by atoms with Crippen LogP contribution in [0, 0.1) is 0 Å². The van der Waals surface area contributed by atoms with Crippen molar-refractivity contribution in [2.24, 2.45) is 0 Å². The molecule has 0 N–H and O–H groups in total. The summed E-state index contributed by atoms with van der Waals surface area (Å²) in [5, 5.41) is 1.62. The minimum absolute atomic E-state index is 0.00472. The highest BCUT2D eigenvalue weighted by molar-refractivity contribution is 6.99. The average molecular weight is 498 g/mol. The van der Waals surface area contributed by atoms with Gasteiger partial charge in [-0.25, -0.2) is 14.5 Å². The van der Waals surface area contributed by atoms with Gasteiger partial charge in [0.15, 0.2) is 0 Å². The van der Waals surface area contributed by atoms with E-state index in [1.54, 1.807) is 20.8 Å². The van der Waals surface area contributed by atoms with Crippen LogP contribution >= 0.6 is 0 Å². The van der Waals surface area contributed by atoms with E-state index >= 15 is 0 Å². The van der Waals surface area contributed by atoms with Gasteiger partial charge in [-0.05, 0) is 36.2 Å². The molecule has 1 aliphatic heterocycles. The summed E-state index contributed by atoms with van der Waals surface area (Å²) in [6, 6.07) is 18.7. The molecule has 2 amide bonds. The van der Waals surface area contributed by atoms with Gasteiger partial charge in [-0.2, -0.15) is 0 Å². The molecule has 7 nitrogen and oxygen atoms in total. The Hall–Kier alpha value is -2.97. The zero-order valence-electron chi connectivity index (χ0n) is 21.5. The Morgan fingerprint density at radius 3 is 1.77 bits per heavy atom. The van der Waals surface area contributed by atoms with Gasteiger partial charge in [0.1, 0.15) is 17.7 Å². The Morgan fingerprint density at radius 1 is 0.886 bits per heavy atom. The number of ether oxygens (including phenoxy) is 2. The Labute approximate surface area is 208 Å². The SMILES string of the molecule is COC(=O)[C@H]1C[C@@H](O[Si](c2ccccc2)(c2ccccc2)C(C)(C)C)C(=O)N1C(=O)OC(C)(C)C. The monoisotopic (exact) mass is 497 g/mol. The normalized spacial score (nSPS) is 18.9. The zero-order valence-corrected chi connectivity index (χ0v) is 22.5. The van der Waals surface area contributed by atoms with Crippen LogP contribution in [0.1, 0.15) is 48.0 Å². The molecule has 2 atom stereocenters. The molecule has 0 spiro atoms. The first kappa shape index (κ1) is 26.6. The summed E-state index contributed by atoms with van der Waals surface area (Å²) in [6.45, 7) is 11.4. The predicted molar refractivity (Wildman–Crippen MR) is 136 cm³/mol. The second-order valence-corrected chi connectivity index (χ2v) is 15.0. The topological polar surface area (TPSA) is 82.1 Å². The smallest absolute Gasteiger partial charge is 0.417 e. The van der Waals surface area contributed by atoms with E-state index in [9.17, 15) is 14.4 Å². The Bertz CT molecular complexity index is 1020. The van der Waals surface area contributed by atoms with Crippen LogP contribution in [-0.2, 0) is 23.5 Å². The van der Waals surface area contributed by atoms with Gasteiger partial charge in [-0.3, -0.25) is 4.79 Å². The van der Waals surface area contributed by atoms with Crippen molar-refractivity contribution in [3.05, 3.63) is 60.7 Å². The third-order valence-corrected chi connectivity index (χ3v) is 11.1. The number of esters is 1. The molecule has 8 heteroatoms. The van der Waals surface area contributed by atoms with E-state index in [1.807, 2.05) is 60.7 Å². The lowest BCUT2D eigenvalue weighted by molar-refractivity contribution is -0.149. The number of carbonyl (C=O) groups excluding carboxylic acids is 3. The second kappa shape index (κ2) is 9.95. The number of hydrogen-bond acceptors (Lipinski definition) is 6.